The Kier molecular flexibility index (Phi) is 3.34. The summed E-state index contributed by atoms with van der Waals surface area (Å²) >= 11 is 0. The Labute approximate surface area is 106 Å². The summed E-state index contributed by atoms with van der Waals surface area (Å²) in [7, 11) is 3.49. The van der Waals surface area contributed by atoms with Crippen molar-refractivity contribution in [3.8, 4) is 17.1 Å². The molecule has 0 saturated carbocycles. The molecule has 1 heterocycles. The lowest BCUT2D eigenvalue weighted by Crippen LogP contribution is -2.33. The van der Waals surface area contributed by atoms with Gasteiger partial charge in [-0.15, -0.1) is 0 Å². The summed E-state index contributed by atoms with van der Waals surface area (Å²) in [5.74, 6) is 1.89. The first-order valence-electron chi connectivity index (χ1n) is 5.74. The van der Waals surface area contributed by atoms with Crippen LogP contribution in [-0.4, -0.2) is 24.3 Å². The van der Waals surface area contributed by atoms with E-state index >= 15 is 0 Å². The molecule has 0 aliphatic rings. The van der Waals surface area contributed by atoms with Crippen molar-refractivity contribution in [1.29, 1.82) is 0 Å². The lowest BCUT2D eigenvalue weighted by atomic mass is 10.1. The fourth-order valence-corrected chi connectivity index (χ4v) is 1.46. The van der Waals surface area contributed by atoms with Crippen LogP contribution in [0.4, 0.5) is 0 Å². The zero-order valence-corrected chi connectivity index (χ0v) is 11.0. The number of nitrogens with zero attached hydrogens (tertiary/aromatic N) is 2. The van der Waals surface area contributed by atoms with Crippen LogP contribution in [0.1, 0.15) is 19.7 Å². The zero-order chi connectivity index (χ0) is 13.2. The van der Waals surface area contributed by atoms with Crippen LogP contribution in [0.15, 0.2) is 28.8 Å². The normalized spacial score (nSPS) is 11.6. The predicted octanol–water partition coefficient (Wildman–Crippen LogP) is 2.20. The van der Waals surface area contributed by atoms with Crippen molar-refractivity contribution in [1.82, 2.24) is 15.5 Å². The summed E-state index contributed by atoms with van der Waals surface area (Å²) in [6, 6.07) is 7.57. The first-order chi connectivity index (χ1) is 8.56. The van der Waals surface area contributed by atoms with Gasteiger partial charge < -0.3 is 14.6 Å². The maximum Gasteiger partial charge on any atom is 0.246 e. The van der Waals surface area contributed by atoms with Crippen LogP contribution in [0.3, 0.4) is 0 Å². The van der Waals surface area contributed by atoms with Crippen molar-refractivity contribution in [2.75, 3.05) is 14.2 Å². The minimum absolute atomic E-state index is 0.343. The van der Waals surface area contributed by atoms with Crippen molar-refractivity contribution in [3.05, 3.63) is 30.2 Å². The van der Waals surface area contributed by atoms with Gasteiger partial charge in [0.1, 0.15) is 5.75 Å². The number of nitrogens with one attached hydrogen (secondary N) is 1. The fourth-order valence-electron chi connectivity index (χ4n) is 1.46. The van der Waals surface area contributed by atoms with E-state index in [0.29, 0.717) is 11.7 Å². The summed E-state index contributed by atoms with van der Waals surface area (Å²) in [4.78, 5) is 4.40. The molecule has 5 nitrogen and oxygen atoms in total. The first-order valence-corrected chi connectivity index (χ1v) is 5.74. The molecule has 0 atom stereocenters. The molecule has 2 rings (SSSR count). The van der Waals surface area contributed by atoms with Crippen LogP contribution in [-0.2, 0) is 5.54 Å². The largest absolute Gasteiger partial charge is 0.497 e. The van der Waals surface area contributed by atoms with Gasteiger partial charge in [0, 0.05) is 5.56 Å². The second-order valence-electron chi connectivity index (χ2n) is 4.53. The van der Waals surface area contributed by atoms with E-state index in [1.807, 2.05) is 45.2 Å². The highest BCUT2D eigenvalue weighted by atomic mass is 16.5. The Morgan fingerprint density at radius 1 is 1.33 bits per heavy atom. The van der Waals surface area contributed by atoms with Crippen LogP contribution in [0.5, 0.6) is 5.75 Å². The molecule has 0 aliphatic heterocycles. The highest BCUT2D eigenvalue weighted by molar-refractivity contribution is 5.56. The van der Waals surface area contributed by atoms with E-state index in [0.717, 1.165) is 11.3 Å². The van der Waals surface area contributed by atoms with Gasteiger partial charge in [0.25, 0.3) is 0 Å². The van der Waals surface area contributed by atoms with Gasteiger partial charge in [-0.2, -0.15) is 4.98 Å². The number of aromatic nitrogens is 2. The van der Waals surface area contributed by atoms with Gasteiger partial charge in [0.15, 0.2) is 0 Å². The number of ether oxygens (including phenoxy) is 1. The molecule has 0 unspecified atom stereocenters. The quantitative estimate of drug-likeness (QED) is 0.897. The lowest BCUT2D eigenvalue weighted by molar-refractivity contribution is 0.281. The maximum absolute atomic E-state index is 5.28. The second-order valence-corrected chi connectivity index (χ2v) is 4.53. The molecule has 0 spiro atoms. The molecular formula is C13H17N3O2. The van der Waals surface area contributed by atoms with Gasteiger partial charge in [-0.05, 0) is 33.0 Å². The van der Waals surface area contributed by atoms with E-state index < -0.39 is 0 Å². The molecule has 96 valence electrons. The van der Waals surface area contributed by atoms with Crippen LogP contribution in [0, 0.1) is 0 Å². The molecule has 2 aromatic rings. The topological polar surface area (TPSA) is 60.2 Å². The molecule has 0 amide bonds. The Hall–Kier alpha value is -1.88. The molecule has 18 heavy (non-hydrogen) atoms. The second kappa shape index (κ2) is 4.78. The van der Waals surface area contributed by atoms with E-state index in [4.69, 9.17) is 9.26 Å². The van der Waals surface area contributed by atoms with Gasteiger partial charge in [0.05, 0.1) is 12.6 Å². The average molecular weight is 247 g/mol. The van der Waals surface area contributed by atoms with Crippen molar-refractivity contribution >= 4 is 0 Å². The molecule has 1 N–H and O–H groups in total. The van der Waals surface area contributed by atoms with Crippen molar-refractivity contribution < 1.29 is 9.26 Å². The van der Waals surface area contributed by atoms with E-state index in [2.05, 4.69) is 15.5 Å². The van der Waals surface area contributed by atoms with E-state index in [9.17, 15) is 0 Å². The third-order valence-electron chi connectivity index (χ3n) is 2.91. The number of methoxy groups -OCH3 is 1. The summed E-state index contributed by atoms with van der Waals surface area (Å²) in [6.07, 6.45) is 0. The van der Waals surface area contributed by atoms with E-state index in [-0.39, 0.29) is 5.54 Å². The van der Waals surface area contributed by atoms with Crippen LogP contribution < -0.4 is 10.1 Å². The van der Waals surface area contributed by atoms with E-state index in [1.54, 1.807) is 7.11 Å². The summed E-state index contributed by atoms with van der Waals surface area (Å²) in [5.41, 5.74) is 0.528. The van der Waals surface area contributed by atoms with Crippen LogP contribution >= 0.6 is 0 Å². The van der Waals surface area contributed by atoms with Gasteiger partial charge >= 0.3 is 0 Å². The SMILES string of the molecule is CNC(C)(C)c1nc(-c2cccc(OC)c2)no1. The van der Waals surface area contributed by atoms with Gasteiger partial charge in [-0.1, -0.05) is 17.3 Å². The smallest absolute Gasteiger partial charge is 0.246 e. The predicted molar refractivity (Wildman–Crippen MR) is 68.4 cm³/mol. The first kappa shape index (κ1) is 12.6. The van der Waals surface area contributed by atoms with Crippen molar-refractivity contribution in [3.63, 3.8) is 0 Å². The summed E-state index contributed by atoms with van der Waals surface area (Å²) < 4.78 is 10.5. The molecule has 0 bridgehead atoms. The number of rotatable bonds is 4. The number of benzene rings is 1. The van der Waals surface area contributed by atoms with Crippen molar-refractivity contribution in [2.24, 2.45) is 0 Å². The fraction of sp³-hybridized carbons (Fsp3) is 0.385. The van der Waals surface area contributed by atoms with Crippen molar-refractivity contribution in [2.45, 2.75) is 19.4 Å². The third kappa shape index (κ3) is 2.36. The molecule has 0 saturated heterocycles. The highest BCUT2D eigenvalue weighted by Crippen LogP contribution is 2.24. The molecule has 5 heteroatoms. The Bertz CT molecular complexity index is 535. The Morgan fingerprint density at radius 3 is 2.78 bits per heavy atom. The minimum Gasteiger partial charge on any atom is -0.497 e. The maximum atomic E-state index is 5.28. The molecule has 1 aromatic heterocycles. The number of hydrogen-bond donors (Lipinski definition) is 1. The zero-order valence-electron chi connectivity index (χ0n) is 11.0. The monoisotopic (exact) mass is 247 g/mol. The minimum atomic E-state index is -0.343. The van der Waals surface area contributed by atoms with Crippen LogP contribution in [0.25, 0.3) is 11.4 Å². The summed E-state index contributed by atoms with van der Waals surface area (Å²) in [5, 5.41) is 7.12. The number of hydrogen-bond acceptors (Lipinski definition) is 5. The van der Waals surface area contributed by atoms with Gasteiger partial charge in [0.2, 0.25) is 11.7 Å². The Balaban J connectivity index is 2.35. The molecular weight excluding hydrogens is 230 g/mol. The van der Waals surface area contributed by atoms with Crippen LogP contribution in [0.2, 0.25) is 0 Å². The summed E-state index contributed by atoms with van der Waals surface area (Å²) in [6.45, 7) is 3.96. The van der Waals surface area contributed by atoms with Gasteiger partial charge in [-0.25, -0.2) is 0 Å². The molecule has 0 aliphatic carbocycles. The van der Waals surface area contributed by atoms with E-state index in [1.165, 1.54) is 0 Å². The average Bonchev–Trinajstić information content (AvgIpc) is 2.89. The lowest BCUT2D eigenvalue weighted by Gasteiger charge is -2.17. The molecule has 0 radical (unpaired) electrons. The standard InChI is InChI=1S/C13H17N3O2/c1-13(2,14-3)12-15-11(16-18-12)9-6-5-7-10(8-9)17-4/h5-8,14H,1-4H3. The highest BCUT2D eigenvalue weighted by Gasteiger charge is 2.25. The molecule has 0 fully saturated rings. The van der Waals surface area contributed by atoms with Gasteiger partial charge in [-0.3, -0.25) is 0 Å². The Morgan fingerprint density at radius 2 is 2.11 bits per heavy atom. The molecule has 1 aromatic carbocycles. The third-order valence-corrected chi connectivity index (χ3v) is 2.91.